The summed E-state index contributed by atoms with van der Waals surface area (Å²) in [4.78, 5) is 38.8. The second-order valence-electron chi connectivity index (χ2n) is 7.98. The van der Waals surface area contributed by atoms with Gasteiger partial charge in [0.1, 0.15) is 32.5 Å². The predicted octanol–water partition coefficient (Wildman–Crippen LogP) is 1.31. The monoisotopic (exact) mass is 447 g/mol. The van der Waals surface area contributed by atoms with Gasteiger partial charge in [-0.05, 0) is 0 Å². The average Bonchev–Trinajstić information content (AvgIpc) is 3.18. The Balaban J connectivity index is 2.54. The maximum atomic E-state index is 11.8. The molecule has 4 atom stereocenters. The number of hydrogen-bond donors (Lipinski definition) is 0. The molecule has 1 fully saturated rings. The Morgan fingerprint density at radius 2 is 1.74 bits per heavy atom. The zero-order chi connectivity index (χ0) is 23.3. The second kappa shape index (κ2) is 9.77. The molecular formula is C20H25N3O7Si. The van der Waals surface area contributed by atoms with Crippen LogP contribution in [0.1, 0.15) is 38.4 Å². The van der Waals surface area contributed by atoms with Crippen LogP contribution in [0.2, 0.25) is 19.6 Å². The van der Waals surface area contributed by atoms with E-state index in [-0.39, 0.29) is 12.3 Å². The number of aromatic nitrogens is 2. The third-order valence-corrected chi connectivity index (χ3v) is 4.95. The predicted molar refractivity (Wildman–Crippen MR) is 109 cm³/mol. The van der Waals surface area contributed by atoms with Crippen molar-refractivity contribution in [3.63, 3.8) is 0 Å². The number of esters is 3. The van der Waals surface area contributed by atoms with Crippen LogP contribution in [0.5, 0.6) is 0 Å². The van der Waals surface area contributed by atoms with E-state index < -0.39 is 50.5 Å². The molecule has 11 heteroatoms. The summed E-state index contributed by atoms with van der Waals surface area (Å²) in [7, 11) is -1.79. The molecule has 2 rings (SSSR count). The van der Waals surface area contributed by atoms with Gasteiger partial charge in [0.25, 0.3) is 0 Å². The van der Waals surface area contributed by atoms with Crippen LogP contribution in [-0.2, 0) is 33.3 Å². The number of carbonyl (C=O) groups is 3. The molecule has 2 heterocycles. The third-order valence-electron chi connectivity index (χ3n) is 4.07. The lowest BCUT2D eigenvalue weighted by Crippen LogP contribution is -2.40. The largest absolute Gasteiger partial charge is 0.463 e. The van der Waals surface area contributed by atoms with Crippen LogP contribution in [0, 0.1) is 22.8 Å². The van der Waals surface area contributed by atoms with Gasteiger partial charge in [-0.25, -0.2) is 4.98 Å². The van der Waals surface area contributed by atoms with E-state index in [1.807, 2.05) is 25.7 Å². The summed E-state index contributed by atoms with van der Waals surface area (Å²) in [5.41, 5.74) is 3.55. The molecule has 0 N–H and O–H groups in total. The van der Waals surface area contributed by atoms with Crippen LogP contribution < -0.4 is 0 Å². The van der Waals surface area contributed by atoms with Crippen molar-refractivity contribution in [1.29, 1.82) is 5.26 Å². The molecule has 0 saturated carbocycles. The average molecular weight is 448 g/mol. The van der Waals surface area contributed by atoms with Crippen molar-refractivity contribution in [2.24, 2.45) is 0 Å². The molecule has 0 aromatic carbocycles. The Morgan fingerprint density at radius 3 is 2.26 bits per heavy atom. The van der Waals surface area contributed by atoms with Gasteiger partial charge >= 0.3 is 17.9 Å². The van der Waals surface area contributed by atoms with E-state index >= 15 is 0 Å². The maximum Gasteiger partial charge on any atom is 0.303 e. The zero-order valence-corrected chi connectivity index (χ0v) is 19.3. The quantitative estimate of drug-likeness (QED) is 0.284. The lowest BCUT2D eigenvalue weighted by atomic mass is 10.1. The summed E-state index contributed by atoms with van der Waals surface area (Å²) in [6.07, 6.45) is -2.68. The van der Waals surface area contributed by atoms with Crippen molar-refractivity contribution < 1.29 is 33.3 Å². The van der Waals surface area contributed by atoms with Crippen molar-refractivity contribution in [1.82, 2.24) is 9.55 Å². The summed E-state index contributed by atoms with van der Waals surface area (Å²) in [6.45, 7) is 9.57. The number of carbonyl (C=O) groups excluding carboxylic acids is 3. The van der Waals surface area contributed by atoms with Crippen LogP contribution in [-0.4, -0.2) is 60.5 Å². The first-order valence-corrected chi connectivity index (χ1v) is 13.1. The normalized spacial score (nSPS) is 22.6. The number of rotatable bonds is 5. The molecule has 0 amide bonds. The first-order chi connectivity index (χ1) is 14.4. The van der Waals surface area contributed by atoms with Gasteiger partial charge in [-0.3, -0.25) is 19.0 Å². The Hall–Kier alpha value is -3.15. The van der Waals surface area contributed by atoms with Gasteiger partial charge < -0.3 is 18.9 Å². The van der Waals surface area contributed by atoms with Crippen molar-refractivity contribution >= 4 is 26.0 Å². The molecule has 0 aliphatic carbocycles. The first kappa shape index (κ1) is 24.1. The van der Waals surface area contributed by atoms with Gasteiger partial charge in [0.15, 0.2) is 24.1 Å². The summed E-state index contributed by atoms with van der Waals surface area (Å²) >= 11 is 0. The molecule has 0 bridgehead atoms. The molecule has 166 valence electrons. The number of nitrogens with zero attached hydrogens (tertiary/aromatic N) is 3. The highest BCUT2D eigenvalue weighted by Crippen LogP contribution is 2.35. The number of nitriles is 1. The van der Waals surface area contributed by atoms with E-state index in [0.29, 0.717) is 5.69 Å². The zero-order valence-electron chi connectivity index (χ0n) is 18.3. The molecule has 1 aromatic heterocycles. The fraction of sp³-hybridized carbons (Fsp3) is 0.550. The van der Waals surface area contributed by atoms with E-state index in [9.17, 15) is 19.6 Å². The highest BCUT2D eigenvalue weighted by molar-refractivity contribution is 6.83. The van der Waals surface area contributed by atoms with Gasteiger partial charge in [0.05, 0.1) is 6.33 Å². The van der Waals surface area contributed by atoms with Crippen LogP contribution in [0.15, 0.2) is 6.33 Å². The van der Waals surface area contributed by atoms with Crippen LogP contribution in [0.3, 0.4) is 0 Å². The van der Waals surface area contributed by atoms with Crippen LogP contribution >= 0.6 is 0 Å². The Bertz CT molecular complexity index is 964. The van der Waals surface area contributed by atoms with E-state index in [4.69, 9.17) is 18.9 Å². The smallest absolute Gasteiger partial charge is 0.303 e. The fourth-order valence-electron chi connectivity index (χ4n) is 2.92. The molecule has 0 radical (unpaired) electrons. The number of ether oxygens (including phenoxy) is 4. The lowest BCUT2D eigenvalue weighted by Gasteiger charge is -2.24. The summed E-state index contributed by atoms with van der Waals surface area (Å²) in [6, 6.07) is 1.99. The summed E-state index contributed by atoms with van der Waals surface area (Å²) < 4.78 is 23.3. The summed E-state index contributed by atoms with van der Waals surface area (Å²) in [5, 5.41) is 9.45. The molecular weight excluding hydrogens is 422 g/mol. The fourth-order valence-corrected chi connectivity index (χ4v) is 3.42. The standard InChI is InChI=1S/C20H25N3O7Si/c1-12(24)27-10-17-18(28-13(2)25)19(29-14(3)26)20(30-17)23-11-22-15(9-21)16(23)7-8-31(4,5)6/h11,17-20H,10H2,1-6H3/t17-,18+,19-,20-/m0/s1. The van der Waals surface area contributed by atoms with Gasteiger partial charge in [0, 0.05) is 20.8 Å². The molecule has 0 spiro atoms. The van der Waals surface area contributed by atoms with Crippen molar-refractivity contribution in [3.05, 3.63) is 17.7 Å². The van der Waals surface area contributed by atoms with Gasteiger partial charge in [-0.2, -0.15) is 5.26 Å². The first-order valence-electron chi connectivity index (χ1n) is 9.56. The maximum absolute atomic E-state index is 11.8. The second-order valence-corrected chi connectivity index (χ2v) is 12.7. The molecule has 1 aliphatic rings. The van der Waals surface area contributed by atoms with Gasteiger partial charge in [-0.1, -0.05) is 25.6 Å². The Kier molecular flexibility index (Phi) is 7.60. The minimum atomic E-state index is -1.79. The van der Waals surface area contributed by atoms with Gasteiger partial charge in [0.2, 0.25) is 0 Å². The highest BCUT2D eigenvalue weighted by Gasteiger charge is 2.51. The van der Waals surface area contributed by atoms with Gasteiger partial charge in [-0.15, -0.1) is 5.54 Å². The van der Waals surface area contributed by atoms with E-state index in [1.54, 1.807) is 0 Å². The van der Waals surface area contributed by atoms with Crippen molar-refractivity contribution in [2.75, 3.05) is 6.61 Å². The van der Waals surface area contributed by atoms with Crippen LogP contribution in [0.25, 0.3) is 0 Å². The molecule has 1 aromatic rings. The third kappa shape index (κ3) is 6.41. The molecule has 1 saturated heterocycles. The minimum absolute atomic E-state index is 0.0865. The highest BCUT2D eigenvalue weighted by atomic mass is 28.3. The number of hydrogen-bond acceptors (Lipinski definition) is 9. The van der Waals surface area contributed by atoms with E-state index in [2.05, 4.69) is 16.4 Å². The molecule has 0 unspecified atom stereocenters. The summed E-state index contributed by atoms with van der Waals surface area (Å²) in [5.74, 6) is 1.20. The van der Waals surface area contributed by atoms with E-state index in [1.165, 1.54) is 31.7 Å². The van der Waals surface area contributed by atoms with Crippen molar-refractivity contribution in [2.45, 2.75) is 65.0 Å². The molecule has 1 aliphatic heterocycles. The van der Waals surface area contributed by atoms with E-state index in [0.717, 1.165) is 0 Å². The Labute approximate surface area is 181 Å². The SMILES string of the molecule is CC(=O)OC[C@@H]1O[C@H](n2cnc(C#N)c2C#C[Si](C)(C)C)[C@@H](OC(C)=O)[C@@H]1OC(C)=O. The van der Waals surface area contributed by atoms with Crippen LogP contribution in [0.4, 0.5) is 0 Å². The lowest BCUT2D eigenvalue weighted by molar-refractivity contribution is -0.166. The molecule has 10 nitrogen and oxygen atoms in total. The molecule has 31 heavy (non-hydrogen) atoms. The topological polar surface area (TPSA) is 130 Å². The minimum Gasteiger partial charge on any atom is -0.463 e. The van der Waals surface area contributed by atoms with Crippen molar-refractivity contribution in [3.8, 4) is 17.5 Å². The Morgan fingerprint density at radius 1 is 1.13 bits per heavy atom. The number of imidazole rings is 1.